The van der Waals surface area contributed by atoms with Crippen LogP contribution in [0, 0.1) is 10.1 Å². The molecule has 0 aliphatic heterocycles. The van der Waals surface area contributed by atoms with Crippen LogP contribution in [-0.4, -0.2) is 30.7 Å². The summed E-state index contributed by atoms with van der Waals surface area (Å²) in [4.78, 5) is 9.93. The summed E-state index contributed by atoms with van der Waals surface area (Å²) in [6.45, 7) is 0. The maximum absolute atomic E-state index is 11.0. The van der Waals surface area contributed by atoms with Gasteiger partial charge in [0.05, 0.1) is 16.1 Å². The number of halogens is 1. The van der Waals surface area contributed by atoms with E-state index in [0.29, 0.717) is 6.42 Å². The number of nitro benzene ring substituents is 1. The number of nitrogens with zero attached hydrogens (tertiary/aromatic N) is 1. The largest absolute Gasteiger partial charge is 0.269 e. The lowest BCUT2D eigenvalue weighted by Crippen LogP contribution is -2.17. The van der Waals surface area contributed by atoms with Crippen LogP contribution in [0.5, 0.6) is 0 Å². The first-order valence-electron chi connectivity index (χ1n) is 4.83. The fourth-order valence-corrected chi connectivity index (χ4v) is 3.04. The summed E-state index contributed by atoms with van der Waals surface area (Å²) in [5.41, 5.74) is 0.780. The molecule has 0 radical (unpaired) electrons. The molecule has 0 amide bonds. The lowest BCUT2D eigenvalue weighted by molar-refractivity contribution is -0.384. The maximum Gasteiger partial charge on any atom is 0.269 e. The van der Waals surface area contributed by atoms with Crippen molar-refractivity contribution in [1.29, 1.82) is 0 Å². The lowest BCUT2D eigenvalue weighted by Gasteiger charge is -2.07. The number of benzene rings is 1. The van der Waals surface area contributed by atoms with Gasteiger partial charge < -0.3 is 0 Å². The minimum atomic E-state index is -3.11. The Morgan fingerprint density at radius 2 is 1.88 bits per heavy atom. The summed E-state index contributed by atoms with van der Waals surface area (Å²) >= 11 is 5.89. The Hall–Kier alpha value is -1.14. The first kappa shape index (κ1) is 13.9. The number of sulfone groups is 1. The Balaban J connectivity index is 2.66. The standard InChI is InChI=1S/C10H12ClNO4S/c1-17(15,16)7-9(11)6-8-2-4-10(5-3-8)12(13)14/h2-5,9H,6-7H2,1H3. The van der Waals surface area contributed by atoms with Crippen LogP contribution >= 0.6 is 11.6 Å². The topological polar surface area (TPSA) is 77.3 Å². The van der Waals surface area contributed by atoms with E-state index in [1.807, 2.05) is 0 Å². The van der Waals surface area contributed by atoms with Gasteiger partial charge in [0.2, 0.25) is 0 Å². The molecular formula is C10H12ClNO4S. The van der Waals surface area contributed by atoms with Gasteiger partial charge in [-0.2, -0.15) is 0 Å². The summed E-state index contributed by atoms with van der Waals surface area (Å²) in [7, 11) is -3.11. The van der Waals surface area contributed by atoms with E-state index in [0.717, 1.165) is 11.8 Å². The third-order valence-corrected chi connectivity index (χ3v) is 3.59. The highest BCUT2D eigenvalue weighted by Gasteiger charge is 2.13. The van der Waals surface area contributed by atoms with E-state index in [4.69, 9.17) is 11.6 Å². The number of rotatable bonds is 5. The van der Waals surface area contributed by atoms with Crippen molar-refractivity contribution >= 4 is 27.1 Å². The average molecular weight is 278 g/mol. The summed E-state index contributed by atoms with van der Waals surface area (Å²) in [6, 6.07) is 5.91. The Kier molecular flexibility index (Phi) is 4.47. The normalized spacial score (nSPS) is 13.3. The monoisotopic (exact) mass is 277 g/mol. The highest BCUT2D eigenvalue weighted by Crippen LogP contribution is 2.15. The van der Waals surface area contributed by atoms with E-state index in [1.54, 1.807) is 12.1 Å². The smallest absolute Gasteiger partial charge is 0.258 e. The minimum Gasteiger partial charge on any atom is -0.258 e. The van der Waals surface area contributed by atoms with Gasteiger partial charge in [-0.05, 0) is 12.0 Å². The Labute approximate surface area is 104 Å². The molecule has 0 saturated heterocycles. The minimum absolute atomic E-state index is 0.00276. The van der Waals surface area contributed by atoms with Gasteiger partial charge in [0, 0.05) is 18.4 Å². The molecule has 1 unspecified atom stereocenters. The van der Waals surface area contributed by atoms with Gasteiger partial charge in [0.25, 0.3) is 5.69 Å². The van der Waals surface area contributed by atoms with Crippen LogP contribution in [-0.2, 0) is 16.3 Å². The quantitative estimate of drug-likeness (QED) is 0.467. The lowest BCUT2D eigenvalue weighted by atomic mass is 10.1. The molecule has 0 aromatic heterocycles. The van der Waals surface area contributed by atoms with Gasteiger partial charge in [0.15, 0.2) is 0 Å². The molecule has 0 saturated carbocycles. The van der Waals surface area contributed by atoms with Crippen LogP contribution < -0.4 is 0 Å². The van der Waals surface area contributed by atoms with E-state index < -0.39 is 20.1 Å². The predicted molar refractivity (Wildman–Crippen MR) is 66.2 cm³/mol. The summed E-state index contributed by atoms with van der Waals surface area (Å²) in [5.74, 6) is -0.106. The fraction of sp³-hybridized carbons (Fsp3) is 0.400. The number of non-ortho nitro benzene ring substituents is 1. The van der Waals surface area contributed by atoms with Crippen LogP contribution in [0.2, 0.25) is 0 Å². The summed E-state index contributed by atoms with van der Waals surface area (Å²) in [5, 5.41) is 9.90. The van der Waals surface area contributed by atoms with Crippen LogP contribution in [0.3, 0.4) is 0 Å². The van der Waals surface area contributed by atoms with Crippen molar-refractivity contribution in [2.45, 2.75) is 11.8 Å². The Morgan fingerprint density at radius 3 is 2.29 bits per heavy atom. The number of nitro groups is 1. The van der Waals surface area contributed by atoms with Crippen molar-refractivity contribution in [3.05, 3.63) is 39.9 Å². The Morgan fingerprint density at radius 1 is 1.35 bits per heavy atom. The van der Waals surface area contributed by atoms with Crippen molar-refractivity contribution < 1.29 is 13.3 Å². The molecular weight excluding hydrogens is 266 g/mol. The molecule has 1 aromatic carbocycles. The van der Waals surface area contributed by atoms with E-state index in [2.05, 4.69) is 0 Å². The summed E-state index contributed by atoms with van der Waals surface area (Å²) in [6.07, 6.45) is 1.49. The molecule has 1 aromatic rings. The highest BCUT2D eigenvalue weighted by atomic mass is 35.5. The first-order chi connectivity index (χ1) is 7.78. The predicted octanol–water partition coefficient (Wildman–Crippen LogP) is 1.79. The van der Waals surface area contributed by atoms with Crippen LogP contribution in [0.15, 0.2) is 24.3 Å². The number of alkyl halides is 1. The van der Waals surface area contributed by atoms with E-state index in [9.17, 15) is 18.5 Å². The van der Waals surface area contributed by atoms with E-state index >= 15 is 0 Å². The van der Waals surface area contributed by atoms with Crippen molar-refractivity contribution in [2.24, 2.45) is 0 Å². The zero-order chi connectivity index (χ0) is 13.1. The van der Waals surface area contributed by atoms with Crippen molar-refractivity contribution in [3.63, 3.8) is 0 Å². The highest BCUT2D eigenvalue weighted by molar-refractivity contribution is 7.90. The molecule has 0 heterocycles. The van der Waals surface area contributed by atoms with Crippen molar-refractivity contribution in [2.75, 3.05) is 12.0 Å². The SMILES string of the molecule is CS(=O)(=O)CC(Cl)Cc1ccc([N+](=O)[O-])cc1. The van der Waals surface area contributed by atoms with Gasteiger partial charge in [-0.1, -0.05) is 12.1 Å². The fourth-order valence-electron chi connectivity index (χ4n) is 1.40. The zero-order valence-corrected chi connectivity index (χ0v) is 10.7. The van der Waals surface area contributed by atoms with Crippen molar-refractivity contribution in [1.82, 2.24) is 0 Å². The van der Waals surface area contributed by atoms with E-state index in [1.165, 1.54) is 12.1 Å². The summed E-state index contributed by atoms with van der Waals surface area (Å²) < 4.78 is 22.0. The van der Waals surface area contributed by atoms with Crippen molar-refractivity contribution in [3.8, 4) is 0 Å². The van der Waals surface area contributed by atoms with Gasteiger partial charge in [-0.3, -0.25) is 10.1 Å². The molecule has 94 valence electrons. The molecule has 5 nitrogen and oxygen atoms in total. The number of hydrogen-bond acceptors (Lipinski definition) is 4. The van der Waals surface area contributed by atoms with Crippen LogP contribution in [0.4, 0.5) is 5.69 Å². The van der Waals surface area contributed by atoms with Gasteiger partial charge in [0.1, 0.15) is 9.84 Å². The van der Waals surface area contributed by atoms with Crippen LogP contribution in [0.1, 0.15) is 5.56 Å². The molecule has 0 N–H and O–H groups in total. The second-order valence-corrected chi connectivity index (χ2v) is 6.62. The molecule has 17 heavy (non-hydrogen) atoms. The van der Waals surface area contributed by atoms with Gasteiger partial charge >= 0.3 is 0 Å². The molecule has 0 fully saturated rings. The molecule has 7 heteroatoms. The third-order valence-electron chi connectivity index (χ3n) is 2.09. The zero-order valence-electron chi connectivity index (χ0n) is 9.17. The van der Waals surface area contributed by atoms with Gasteiger partial charge in [-0.25, -0.2) is 8.42 Å². The molecule has 0 aliphatic carbocycles. The molecule has 0 bridgehead atoms. The maximum atomic E-state index is 11.0. The third kappa shape index (κ3) is 5.14. The molecule has 0 spiro atoms. The van der Waals surface area contributed by atoms with Crippen LogP contribution in [0.25, 0.3) is 0 Å². The first-order valence-corrected chi connectivity index (χ1v) is 7.33. The second-order valence-electron chi connectivity index (χ2n) is 3.82. The molecule has 1 atom stereocenters. The average Bonchev–Trinajstić information content (AvgIpc) is 2.15. The Bertz CT molecular complexity index is 498. The second kappa shape index (κ2) is 5.46. The van der Waals surface area contributed by atoms with Gasteiger partial charge in [-0.15, -0.1) is 11.6 Å². The number of hydrogen-bond donors (Lipinski definition) is 0. The van der Waals surface area contributed by atoms with E-state index in [-0.39, 0.29) is 11.4 Å². The molecule has 1 rings (SSSR count). The molecule has 0 aliphatic rings.